The van der Waals surface area contributed by atoms with Crippen molar-refractivity contribution in [2.45, 2.75) is 44.4 Å². The molecule has 25 heavy (non-hydrogen) atoms. The Bertz CT molecular complexity index is 763. The van der Waals surface area contributed by atoms with Crippen LogP contribution in [0.1, 0.15) is 38.9 Å². The molecule has 0 radical (unpaired) electrons. The van der Waals surface area contributed by atoms with Gasteiger partial charge >= 0.3 is 0 Å². The van der Waals surface area contributed by atoms with Crippen LogP contribution in [0.5, 0.6) is 0 Å². The monoisotopic (exact) mass is 362 g/mol. The summed E-state index contributed by atoms with van der Waals surface area (Å²) in [6.45, 7) is 4.52. The van der Waals surface area contributed by atoms with Gasteiger partial charge in [0.25, 0.3) is 5.56 Å². The molecule has 0 unspecified atom stereocenters. The third-order valence-corrected chi connectivity index (χ3v) is 5.49. The number of carbonyl (C=O) groups is 1. The van der Waals surface area contributed by atoms with E-state index in [1.165, 1.54) is 0 Å². The van der Waals surface area contributed by atoms with Gasteiger partial charge in [-0.2, -0.15) is 11.8 Å². The van der Waals surface area contributed by atoms with Crippen LogP contribution in [-0.4, -0.2) is 33.7 Å². The minimum atomic E-state index is -0.299. The molecule has 7 heteroatoms. The molecule has 0 aliphatic carbocycles. The van der Waals surface area contributed by atoms with E-state index in [9.17, 15) is 9.59 Å². The zero-order chi connectivity index (χ0) is 18.3. The quantitative estimate of drug-likeness (QED) is 0.594. The van der Waals surface area contributed by atoms with Crippen LogP contribution in [-0.2, 0) is 10.5 Å². The number of benzene rings is 1. The number of nitrogens with zero attached hydrogens (tertiary/aromatic N) is 1. The number of thioether (sulfide) groups is 1. The number of nitrogens with one attached hydrogen (secondary N) is 2. The lowest BCUT2D eigenvalue weighted by molar-refractivity contribution is -0.122. The topological polar surface area (TPSA) is 101 Å². The Kier molecular flexibility index (Phi) is 7.01. The Morgan fingerprint density at radius 1 is 1.32 bits per heavy atom. The van der Waals surface area contributed by atoms with Crippen LogP contribution in [0, 0.1) is 0 Å². The van der Waals surface area contributed by atoms with E-state index in [2.05, 4.69) is 15.3 Å². The molecule has 0 aliphatic rings. The average molecular weight is 362 g/mol. The number of H-pyrrole nitrogens is 1. The van der Waals surface area contributed by atoms with Gasteiger partial charge in [0.05, 0.1) is 22.2 Å². The molecule has 136 valence electrons. The smallest absolute Gasteiger partial charge is 0.258 e. The van der Waals surface area contributed by atoms with E-state index in [4.69, 9.17) is 5.73 Å². The molecule has 1 aromatic carbocycles. The normalized spacial score (nSPS) is 11.6. The molecule has 1 aromatic heterocycles. The molecule has 4 N–H and O–H groups in total. The van der Waals surface area contributed by atoms with Gasteiger partial charge in [0, 0.05) is 18.7 Å². The Morgan fingerprint density at radius 3 is 2.72 bits per heavy atom. The van der Waals surface area contributed by atoms with Gasteiger partial charge in [0.15, 0.2) is 0 Å². The lowest BCUT2D eigenvalue weighted by Crippen LogP contribution is -2.52. The van der Waals surface area contributed by atoms with Gasteiger partial charge in [-0.1, -0.05) is 26.0 Å². The third kappa shape index (κ3) is 5.06. The molecule has 0 atom stereocenters. The second-order valence-electron chi connectivity index (χ2n) is 6.07. The summed E-state index contributed by atoms with van der Waals surface area (Å²) in [5.41, 5.74) is 6.07. The fourth-order valence-corrected chi connectivity index (χ4v) is 3.47. The zero-order valence-corrected chi connectivity index (χ0v) is 15.6. The fourth-order valence-electron chi connectivity index (χ4n) is 2.66. The van der Waals surface area contributed by atoms with Gasteiger partial charge in [-0.25, -0.2) is 4.98 Å². The largest absolute Gasteiger partial charge is 0.349 e. The lowest BCUT2D eigenvalue weighted by Gasteiger charge is -2.31. The number of rotatable bonds is 9. The Labute approximate surface area is 152 Å². The highest BCUT2D eigenvalue weighted by Crippen LogP contribution is 2.15. The summed E-state index contributed by atoms with van der Waals surface area (Å²) in [7, 11) is 0. The van der Waals surface area contributed by atoms with Crippen molar-refractivity contribution in [1.29, 1.82) is 0 Å². The number of carbonyl (C=O) groups excluding carboxylic acids is 1. The van der Waals surface area contributed by atoms with Crippen LogP contribution in [0.2, 0.25) is 0 Å². The molecule has 1 amide bonds. The number of fused-ring (bicyclic) bond motifs is 1. The highest BCUT2D eigenvalue weighted by molar-refractivity contribution is 7.98. The van der Waals surface area contributed by atoms with Crippen LogP contribution in [0.4, 0.5) is 0 Å². The number of aromatic nitrogens is 2. The van der Waals surface area contributed by atoms with Gasteiger partial charge in [0.2, 0.25) is 5.91 Å². The van der Waals surface area contributed by atoms with Gasteiger partial charge < -0.3 is 16.0 Å². The minimum Gasteiger partial charge on any atom is -0.349 e. The van der Waals surface area contributed by atoms with E-state index in [0.717, 1.165) is 12.8 Å². The summed E-state index contributed by atoms with van der Waals surface area (Å²) >= 11 is 1.58. The van der Waals surface area contributed by atoms with E-state index in [-0.39, 0.29) is 17.0 Å². The molecule has 2 rings (SSSR count). The first kappa shape index (κ1) is 19.5. The predicted molar refractivity (Wildman–Crippen MR) is 104 cm³/mol. The van der Waals surface area contributed by atoms with Crippen LogP contribution in [0.15, 0.2) is 29.1 Å². The summed E-state index contributed by atoms with van der Waals surface area (Å²) in [4.78, 5) is 31.4. The first-order chi connectivity index (χ1) is 12.0. The minimum absolute atomic E-state index is 0.0154. The summed E-state index contributed by atoms with van der Waals surface area (Å²) < 4.78 is 0. The molecule has 0 bridgehead atoms. The second-order valence-corrected chi connectivity index (χ2v) is 7.18. The SMILES string of the molecule is CCC(CC)(CN)NC(=O)CCSCc1nc2ccccc2c(=O)[nH]1. The van der Waals surface area contributed by atoms with Crippen LogP contribution < -0.4 is 16.6 Å². The van der Waals surface area contributed by atoms with Crippen molar-refractivity contribution < 1.29 is 4.79 Å². The predicted octanol–water partition coefficient (Wildman–Crippen LogP) is 2.18. The third-order valence-electron chi connectivity index (χ3n) is 4.52. The molecule has 0 saturated heterocycles. The maximum atomic E-state index is 12.1. The van der Waals surface area contributed by atoms with E-state index in [0.29, 0.717) is 41.2 Å². The van der Waals surface area contributed by atoms with Crippen molar-refractivity contribution in [3.05, 3.63) is 40.4 Å². The summed E-state index contributed by atoms with van der Waals surface area (Å²) in [6.07, 6.45) is 2.06. The lowest BCUT2D eigenvalue weighted by atomic mass is 9.93. The number of nitrogens with two attached hydrogens (primary N) is 1. The van der Waals surface area contributed by atoms with Gasteiger partial charge in [-0.15, -0.1) is 0 Å². The molecule has 0 saturated carbocycles. The summed E-state index contributed by atoms with van der Waals surface area (Å²) in [5.74, 6) is 1.88. The molecule has 0 spiro atoms. The molecular formula is C18H26N4O2S. The molecule has 0 fully saturated rings. The highest BCUT2D eigenvalue weighted by Gasteiger charge is 2.25. The first-order valence-corrected chi connectivity index (χ1v) is 9.76. The molecular weight excluding hydrogens is 336 g/mol. The Balaban J connectivity index is 1.85. The van der Waals surface area contributed by atoms with E-state index >= 15 is 0 Å². The highest BCUT2D eigenvalue weighted by atomic mass is 32.2. The zero-order valence-electron chi connectivity index (χ0n) is 14.8. The first-order valence-electron chi connectivity index (χ1n) is 8.60. The molecule has 2 aromatic rings. The number of aromatic amines is 1. The maximum absolute atomic E-state index is 12.1. The van der Waals surface area contributed by atoms with Crippen molar-refractivity contribution in [3.8, 4) is 0 Å². The molecule has 1 heterocycles. The standard InChI is InChI=1S/C18H26N4O2S/c1-3-18(4-2,12-19)22-16(23)9-10-25-11-15-20-14-8-6-5-7-13(14)17(24)21-15/h5-8H,3-4,9-12,19H2,1-2H3,(H,22,23)(H,20,21,24). The number of hydrogen-bond donors (Lipinski definition) is 3. The van der Waals surface area contributed by atoms with Gasteiger partial charge in [-0.05, 0) is 25.0 Å². The van der Waals surface area contributed by atoms with Crippen molar-refractivity contribution in [2.24, 2.45) is 5.73 Å². The summed E-state index contributed by atoms with van der Waals surface area (Å²) in [5, 5.41) is 3.65. The van der Waals surface area contributed by atoms with Crippen molar-refractivity contribution in [3.63, 3.8) is 0 Å². The Morgan fingerprint density at radius 2 is 2.04 bits per heavy atom. The summed E-state index contributed by atoms with van der Waals surface area (Å²) in [6, 6.07) is 7.27. The number of para-hydroxylation sites is 1. The second kappa shape index (κ2) is 9.01. The number of hydrogen-bond acceptors (Lipinski definition) is 5. The van der Waals surface area contributed by atoms with Crippen molar-refractivity contribution in [1.82, 2.24) is 15.3 Å². The van der Waals surface area contributed by atoms with Gasteiger partial charge in [-0.3, -0.25) is 9.59 Å². The number of amides is 1. The van der Waals surface area contributed by atoms with Crippen LogP contribution in [0.25, 0.3) is 10.9 Å². The van der Waals surface area contributed by atoms with Gasteiger partial charge in [0.1, 0.15) is 5.82 Å². The van der Waals surface area contributed by atoms with E-state index < -0.39 is 0 Å². The van der Waals surface area contributed by atoms with Crippen LogP contribution in [0.3, 0.4) is 0 Å². The van der Waals surface area contributed by atoms with E-state index in [1.54, 1.807) is 17.8 Å². The Hall–Kier alpha value is -1.86. The molecule has 0 aliphatic heterocycles. The average Bonchev–Trinajstić information content (AvgIpc) is 2.63. The van der Waals surface area contributed by atoms with Crippen LogP contribution >= 0.6 is 11.8 Å². The fraction of sp³-hybridized carbons (Fsp3) is 0.500. The van der Waals surface area contributed by atoms with Crippen molar-refractivity contribution in [2.75, 3.05) is 12.3 Å². The maximum Gasteiger partial charge on any atom is 0.258 e. The van der Waals surface area contributed by atoms with E-state index in [1.807, 2.05) is 32.0 Å². The molecule has 6 nitrogen and oxygen atoms in total. The van der Waals surface area contributed by atoms with Crippen molar-refractivity contribution >= 4 is 28.6 Å².